The Kier molecular flexibility index (Phi) is 6.30. The topological polar surface area (TPSA) is 32.3 Å². The predicted molar refractivity (Wildman–Crippen MR) is 84.6 cm³/mol. The predicted octanol–water partition coefficient (Wildman–Crippen LogP) is 4.56. The quantitative estimate of drug-likeness (QED) is 0.864. The summed E-state index contributed by atoms with van der Waals surface area (Å²) in [5.41, 5.74) is -1.17. The molecule has 3 nitrogen and oxygen atoms in total. The van der Waals surface area contributed by atoms with Crippen molar-refractivity contribution in [3.8, 4) is 0 Å². The summed E-state index contributed by atoms with van der Waals surface area (Å²) in [5.74, 6) is -0.415. The van der Waals surface area contributed by atoms with Crippen LogP contribution in [0.15, 0.2) is 18.2 Å². The molecule has 0 atom stereocenters. The Balaban J connectivity index is 1.94. The maximum atomic E-state index is 13.0. The Bertz CT molecular complexity index is 541. The number of rotatable bonds is 4. The molecule has 128 valence electrons. The molecule has 23 heavy (non-hydrogen) atoms. The molecule has 1 amide bonds. The molecule has 1 aromatic carbocycles. The van der Waals surface area contributed by atoms with Crippen molar-refractivity contribution in [1.82, 2.24) is 4.90 Å². The summed E-state index contributed by atoms with van der Waals surface area (Å²) in [6.45, 7) is 2.46. The molecule has 7 heteroatoms. The Hall–Kier alpha value is -1.27. The van der Waals surface area contributed by atoms with Gasteiger partial charge >= 0.3 is 6.18 Å². The molecule has 1 aromatic rings. The summed E-state index contributed by atoms with van der Waals surface area (Å²) in [6.07, 6.45) is 0.233. The van der Waals surface area contributed by atoms with E-state index in [1.54, 1.807) is 0 Å². The number of carbonyl (C=O) groups excluding carboxylic acids is 1. The number of nitrogens with zero attached hydrogens (tertiary/aromatic N) is 1. The van der Waals surface area contributed by atoms with Crippen molar-refractivity contribution < 1.29 is 18.0 Å². The second kappa shape index (κ2) is 8.02. The zero-order chi connectivity index (χ0) is 16.9. The largest absolute Gasteiger partial charge is 0.418 e. The second-order valence-corrected chi connectivity index (χ2v) is 6.18. The molecule has 0 unspecified atom stereocenters. The molecule has 1 aliphatic rings. The van der Waals surface area contributed by atoms with E-state index in [4.69, 9.17) is 11.6 Å². The van der Waals surface area contributed by atoms with Crippen LogP contribution in [0.5, 0.6) is 0 Å². The Labute approximate surface area is 138 Å². The van der Waals surface area contributed by atoms with Gasteiger partial charge in [-0.3, -0.25) is 4.79 Å². The van der Waals surface area contributed by atoms with E-state index in [1.807, 2.05) is 0 Å². The van der Waals surface area contributed by atoms with Gasteiger partial charge in [-0.2, -0.15) is 13.2 Å². The molecule has 1 saturated heterocycles. The van der Waals surface area contributed by atoms with Crippen LogP contribution in [0, 0.1) is 0 Å². The van der Waals surface area contributed by atoms with Gasteiger partial charge in [0.05, 0.1) is 11.3 Å². The minimum absolute atomic E-state index is 0.0140. The molecule has 1 N–H and O–H groups in total. The number of hydrogen-bond donors (Lipinski definition) is 1. The van der Waals surface area contributed by atoms with E-state index in [-0.39, 0.29) is 17.1 Å². The van der Waals surface area contributed by atoms with Crippen molar-refractivity contribution in [3.63, 3.8) is 0 Å². The first kappa shape index (κ1) is 18.1. The number of likely N-dealkylation sites (tertiary alicyclic amines) is 1. The van der Waals surface area contributed by atoms with Gasteiger partial charge in [-0.05, 0) is 44.1 Å². The maximum Gasteiger partial charge on any atom is 0.418 e. The van der Waals surface area contributed by atoms with Gasteiger partial charge in [-0.1, -0.05) is 24.4 Å². The fourth-order valence-electron chi connectivity index (χ4n) is 2.69. The maximum absolute atomic E-state index is 13.0. The van der Waals surface area contributed by atoms with E-state index in [2.05, 4.69) is 10.2 Å². The third kappa shape index (κ3) is 5.70. The van der Waals surface area contributed by atoms with Gasteiger partial charge < -0.3 is 10.2 Å². The number of halogens is 4. The van der Waals surface area contributed by atoms with E-state index < -0.39 is 17.6 Å². The zero-order valence-electron chi connectivity index (χ0n) is 12.8. The summed E-state index contributed by atoms with van der Waals surface area (Å²) < 4.78 is 38.9. The lowest BCUT2D eigenvalue weighted by molar-refractivity contribution is -0.137. The standard InChI is InChI=1S/C16H20ClF3N2O/c17-12-5-6-14(13(11-12)16(18,19)20)21-15(23)7-10-22-8-3-1-2-4-9-22/h5-6,11H,1-4,7-10H2,(H,21,23). The number of benzene rings is 1. The molecule has 1 aliphatic heterocycles. The molecule has 0 aliphatic carbocycles. The SMILES string of the molecule is O=C(CCN1CCCCCC1)Nc1ccc(Cl)cc1C(F)(F)F. The normalized spacial score (nSPS) is 16.9. The molecular weight excluding hydrogens is 329 g/mol. The highest BCUT2D eigenvalue weighted by atomic mass is 35.5. The van der Waals surface area contributed by atoms with Crippen LogP contribution in [0.1, 0.15) is 37.7 Å². The van der Waals surface area contributed by atoms with Crippen LogP contribution in [-0.2, 0) is 11.0 Å². The fourth-order valence-corrected chi connectivity index (χ4v) is 2.86. The molecule has 1 fully saturated rings. The van der Waals surface area contributed by atoms with Crippen molar-refractivity contribution in [2.24, 2.45) is 0 Å². The highest BCUT2D eigenvalue weighted by Gasteiger charge is 2.34. The van der Waals surface area contributed by atoms with Gasteiger partial charge in [0.25, 0.3) is 0 Å². The Morgan fingerprint density at radius 2 is 1.83 bits per heavy atom. The van der Waals surface area contributed by atoms with E-state index >= 15 is 0 Å². The fraction of sp³-hybridized carbons (Fsp3) is 0.562. The number of carbonyl (C=O) groups is 1. The Morgan fingerprint density at radius 1 is 1.17 bits per heavy atom. The molecule has 0 bridgehead atoms. The number of nitrogens with one attached hydrogen (secondary N) is 1. The summed E-state index contributed by atoms with van der Waals surface area (Å²) >= 11 is 5.62. The molecule has 0 radical (unpaired) electrons. The summed E-state index contributed by atoms with van der Waals surface area (Å²) in [4.78, 5) is 14.2. The third-order valence-corrected chi connectivity index (χ3v) is 4.15. The van der Waals surface area contributed by atoms with E-state index in [0.717, 1.165) is 32.0 Å². The van der Waals surface area contributed by atoms with Crippen molar-refractivity contribution in [2.75, 3.05) is 25.0 Å². The smallest absolute Gasteiger partial charge is 0.325 e. The van der Waals surface area contributed by atoms with Crippen molar-refractivity contribution >= 4 is 23.2 Å². The van der Waals surface area contributed by atoms with E-state index in [0.29, 0.717) is 6.54 Å². The van der Waals surface area contributed by atoms with Crippen LogP contribution in [0.2, 0.25) is 5.02 Å². The molecule has 1 heterocycles. The summed E-state index contributed by atoms with van der Waals surface area (Å²) in [5, 5.41) is 2.34. The molecule has 0 aromatic heterocycles. The van der Waals surface area contributed by atoms with Gasteiger partial charge in [0.15, 0.2) is 0 Å². The number of anilines is 1. The highest BCUT2D eigenvalue weighted by molar-refractivity contribution is 6.30. The Morgan fingerprint density at radius 3 is 2.43 bits per heavy atom. The van der Waals surface area contributed by atoms with Crippen molar-refractivity contribution in [2.45, 2.75) is 38.3 Å². The monoisotopic (exact) mass is 348 g/mol. The van der Waals surface area contributed by atoms with Gasteiger partial charge in [-0.25, -0.2) is 0 Å². The minimum Gasteiger partial charge on any atom is -0.325 e. The van der Waals surface area contributed by atoms with Gasteiger partial charge in [0.2, 0.25) is 5.91 Å². The lowest BCUT2D eigenvalue weighted by Crippen LogP contribution is -2.29. The van der Waals surface area contributed by atoms with Crippen molar-refractivity contribution in [1.29, 1.82) is 0 Å². The second-order valence-electron chi connectivity index (χ2n) is 5.74. The van der Waals surface area contributed by atoms with E-state index in [9.17, 15) is 18.0 Å². The number of hydrogen-bond acceptors (Lipinski definition) is 2. The highest BCUT2D eigenvalue weighted by Crippen LogP contribution is 2.36. The average Bonchev–Trinajstić information content (AvgIpc) is 2.74. The first-order valence-corrected chi connectivity index (χ1v) is 8.13. The molecule has 2 rings (SSSR count). The molecule has 0 saturated carbocycles. The van der Waals surface area contributed by atoms with Crippen LogP contribution < -0.4 is 5.32 Å². The van der Waals surface area contributed by atoms with Crippen LogP contribution in [0.3, 0.4) is 0 Å². The molecular formula is C16H20ClF3N2O. The van der Waals surface area contributed by atoms with Gasteiger partial charge in [0.1, 0.15) is 0 Å². The first-order chi connectivity index (χ1) is 10.9. The van der Waals surface area contributed by atoms with Crippen LogP contribution in [0.4, 0.5) is 18.9 Å². The average molecular weight is 349 g/mol. The van der Waals surface area contributed by atoms with Gasteiger partial charge in [0, 0.05) is 18.0 Å². The van der Waals surface area contributed by atoms with Crippen molar-refractivity contribution in [3.05, 3.63) is 28.8 Å². The first-order valence-electron chi connectivity index (χ1n) is 7.75. The molecule has 0 spiro atoms. The van der Waals surface area contributed by atoms with E-state index in [1.165, 1.54) is 25.0 Å². The number of alkyl halides is 3. The minimum atomic E-state index is -4.56. The van der Waals surface area contributed by atoms with Crippen LogP contribution >= 0.6 is 11.6 Å². The number of amides is 1. The van der Waals surface area contributed by atoms with Crippen LogP contribution in [-0.4, -0.2) is 30.4 Å². The summed E-state index contributed by atoms with van der Waals surface area (Å²) in [6, 6.07) is 3.35. The third-order valence-electron chi connectivity index (χ3n) is 3.91. The lowest BCUT2D eigenvalue weighted by Gasteiger charge is -2.19. The lowest BCUT2D eigenvalue weighted by atomic mass is 10.1. The zero-order valence-corrected chi connectivity index (χ0v) is 13.5. The van der Waals surface area contributed by atoms with Gasteiger partial charge in [-0.15, -0.1) is 0 Å². The summed E-state index contributed by atoms with van der Waals surface area (Å²) in [7, 11) is 0. The van der Waals surface area contributed by atoms with Crippen LogP contribution in [0.25, 0.3) is 0 Å².